The lowest BCUT2D eigenvalue weighted by molar-refractivity contribution is -0.384. The molecule has 1 N–H and O–H groups in total. The van der Waals surface area contributed by atoms with Gasteiger partial charge in [0.25, 0.3) is 11.6 Å². The zero-order chi connectivity index (χ0) is 16.1. The minimum absolute atomic E-state index is 0.105. The Morgan fingerprint density at radius 2 is 1.95 bits per heavy atom. The van der Waals surface area contributed by atoms with Crippen molar-refractivity contribution in [1.29, 1.82) is 0 Å². The zero-order valence-electron chi connectivity index (χ0n) is 11.7. The van der Waals surface area contributed by atoms with Crippen LogP contribution in [0.2, 0.25) is 5.02 Å². The molecule has 2 aromatic carbocycles. The van der Waals surface area contributed by atoms with Crippen LogP contribution >= 0.6 is 11.6 Å². The Morgan fingerprint density at radius 1 is 1.27 bits per heavy atom. The first-order valence-corrected chi connectivity index (χ1v) is 6.87. The number of benzene rings is 2. The number of halogens is 1. The van der Waals surface area contributed by atoms with Gasteiger partial charge in [-0.05, 0) is 43.3 Å². The van der Waals surface area contributed by atoms with Gasteiger partial charge >= 0.3 is 0 Å². The molecule has 22 heavy (non-hydrogen) atoms. The van der Waals surface area contributed by atoms with E-state index in [0.717, 1.165) is 0 Å². The van der Waals surface area contributed by atoms with E-state index in [9.17, 15) is 14.9 Å². The molecule has 7 heteroatoms. The van der Waals surface area contributed by atoms with Crippen molar-refractivity contribution in [3.8, 4) is 5.75 Å². The van der Waals surface area contributed by atoms with Crippen LogP contribution in [0.3, 0.4) is 0 Å². The molecule has 0 saturated heterocycles. The second-order valence-electron chi connectivity index (χ2n) is 4.33. The number of nitrogens with one attached hydrogen (secondary N) is 1. The van der Waals surface area contributed by atoms with Crippen molar-refractivity contribution in [3.63, 3.8) is 0 Å². The molecule has 0 aliphatic heterocycles. The molecule has 1 amide bonds. The summed E-state index contributed by atoms with van der Waals surface area (Å²) in [4.78, 5) is 22.7. The van der Waals surface area contributed by atoms with E-state index in [1.54, 1.807) is 25.1 Å². The normalized spacial score (nSPS) is 10.1. The number of carbonyl (C=O) groups excluding carboxylic acids is 1. The van der Waals surface area contributed by atoms with Gasteiger partial charge in [0.1, 0.15) is 11.4 Å². The fraction of sp³-hybridized carbons (Fsp3) is 0.133. The molecule has 0 aliphatic rings. The van der Waals surface area contributed by atoms with Gasteiger partial charge < -0.3 is 10.1 Å². The number of nitro benzene ring substituents is 1. The average Bonchev–Trinajstić information content (AvgIpc) is 2.49. The minimum atomic E-state index is -0.569. The summed E-state index contributed by atoms with van der Waals surface area (Å²) in [5.74, 6) is -0.0809. The molecule has 0 aliphatic carbocycles. The van der Waals surface area contributed by atoms with E-state index >= 15 is 0 Å². The number of ether oxygens (including phenoxy) is 1. The van der Waals surface area contributed by atoms with E-state index in [-0.39, 0.29) is 11.4 Å². The smallest absolute Gasteiger partial charge is 0.296 e. The SMILES string of the molecule is CCOc1ccc(NC(=O)c2ccc(Cl)cc2)c([N+](=O)[O-])c1. The number of nitro groups is 1. The van der Waals surface area contributed by atoms with E-state index in [0.29, 0.717) is 22.9 Å². The highest BCUT2D eigenvalue weighted by Gasteiger charge is 2.18. The van der Waals surface area contributed by atoms with Crippen molar-refractivity contribution >= 4 is 28.9 Å². The van der Waals surface area contributed by atoms with Crippen LogP contribution in [0, 0.1) is 10.1 Å². The highest BCUT2D eigenvalue weighted by atomic mass is 35.5. The molecule has 114 valence electrons. The number of hydrogen-bond donors (Lipinski definition) is 1. The summed E-state index contributed by atoms with van der Waals surface area (Å²) >= 11 is 5.76. The van der Waals surface area contributed by atoms with Crippen LogP contribution in [-0.2, 0) is 0 Å². The summed E-state index contributed by atoms with van der Waals surface area (Å²) in [6.45, 7) is 2.18. The topological polar surface area (TPSA) is 81.5 Å². The van der Waals surface area contributed by atoms with Crippen LogP contribution in [0.15, 0.2) is 42.5 Å². The lowest BCUT2D eigenvalue weighted by Crippen LogP contribution is -2.13. The Labute approximate surface area is 131 Å². The van der Waals surface area contributed by atoms with Crippen molar-refractivity contribution in [2.75, 3.05) is 11.9 Å². The molecule has 2 aromatic rings. The number of hydrogen-bond acceptors (Lipinski definition) is 4. The molecule has 6 nitrogen and oxygen atoms in total. The van der Waals surface area contributed by atoms with Gasteiger partial charge in [0.15, 0.2) is 0 Å². The number of anilines is 1. The third kappa shape index (κ3) is 3.73. The van der Waals surface area contributed by atoms with Gasteiger partial charge in [0.2, 0.25) is 0 Å². The van der Waals surface area contributed by atoms with Crippen molar-refractivity contribution in [1.82, 2.24) is 0 Å². The highest BCUT2D eigenvalue weighted by molar-refractivity contribution is 6.30. The molecule has 2 rings (SSSR count). The van der Waals surface area contributed by atoms with Gasteiger partial charge in [-0.3, -0.25) is 14.9 Å². The maximum Gasteiger partial charge on any atom is 0.296 e. The maximum atomic E-state index is 12.1. The van der Waals surface area contributed by atoms with Crippen molar-refractivity contribution in [2.24, 2.45) is 0 Å². The molecule has 0 saturated carbocycles. The Morgan fingerprint density at radius 3 is 2.55 bits per heavy atom. The Balaban J connectivity index is 2.26. The molecule has 0 aromatic heterocycles. The lowest BCUT2D eigenvalue weighted by Gasteiger charge is -2.08. The summed E-state index contributed by atoms with van der Waals surface area (Å²) in [5.41, 5.74) is 0.231. The van der Waals surface area contributed by atoms with Crippen LogP contribution < -0.4 is 10.1 Å². The van der Waals surface area contributed by atoms with E-state index < -0.39 is 10.8 Å². The molecule has 0 heterocycles. The monoisotopic (exact) mass is 320 g/mol. The summed E-state index contributed by atoms with van der Waals surface area (Å²) in [7, 11) is 0. The summed E-state index contributed by atoms with van der Waals surface area (Å²) in [5, 5.41) is 14.1. The molecule has 0 spiro atoms. The van der Waals surface area contributed by atoms with Gasteiger partial charge in [0.05, 0.1) is 17.6 Å². The third-order valence-electron chi connectivity index (χ3n) is 2.83. The molecule has 0 radical (unpaired) electrons. The number of carbonyl (C=O) groups is 1. The first-order chi connectivity index (χ1) is 10.5. The van der Waals surface area contributed by atoms with Crippen LogP contribution in [0.4, 0.5) is 11.4 Å². The quantitative estimate of drug-likeness (QED) is 0.669. The molecule has 0 unspecified atom stereocenters. The molecule has 0 atom stereocenters. The predicted molar refractivity (Wildman–Crippen MR) is 83.7 cm³/mol. The first kappa shape index (κ1) is 15.8. The predicted octanol–water partition coefficient (Wildman–Crippen LogP) is 3.90. The van der Waals surface area contributed by atoms with E-state index in [4.69, 9.17) is 16.3 Å². The highest BCUT2D eigenvalue weighted by Crippen LogP contribution is 2.29. The van der Waals surface area contributed by atoms with Gasteiger partial charge in [-0.2, -0.15) is 0 Å². The standard InChI is InChI=1S/C15H13ClN2O4/c1-2-22-12-7-8-13(14(9-12)18(20)21)17-15(19)10-3-5-11(16)6-4-10/h3-9H,2H2,1H3,(H,17,19). The largest absolute Gasteiger partial charge is 0.494 e. The number of nitrogens with zero attached hydrogens (tertiary/aromatic N) is 1. The molecule has 0 fully saturated rings. The molecular weight excluding hydrogens is 308 g/mol. The first-order valence-electron chi connectivity index (χ1n) is 6.49. The van der Waals surface area contributed by atoms with Crippen LogP contribution in [0.25, 0.3) is 0 Å². The second kappa shape index (κ2) is 6.91. The molecule has 0 bridgehead atoms. The van der Waals surface area contributed by atoms with E-state index in [1.165, 1.54) is 24.3 Å². The van der Waals surface area contributed by atoms with Crippen LogP contribution in [-0.4, -0.2) is 17.4 Å². The summed E-state index contributed by atoms with van der Waals surface area (Å²) in [6, 6.07) is 10.5. The fourth-order valence-corrected chi connectivity index (χ4v) is 1.95. The van der Waals surface area contributed by atoms with E-state index in [1.807, 2.05) is 0 Å². The zero-order valence-corrected chi connectivity index (χ0v) is 12.5. The number of amides is 1. The maximum absolute atomic E-state index is 12.1. The third-order valence-corrected chi connectivity index (χ3v) is 3.08. The average molecular weight is 321 g/mol. The van der Waals surface area contributed by atoms with E-state index in [2.05, 4.69) is 5.32 Å². The summed E-state index contributed by atoms with van der Waals surface area (Å²) < 4.78 is 5.22. The van der Waals surface area contributed by atoms with Gasteiger partial charge in [-0.15, -0.1) is 0 Å². The van der Waals surface area contributed by atoms with Gasteiger partial charge in [0, 0.05) is 10.6 Å². The van der Waals surface area contributed by atoms with Gasteiger partial charge in [-0.1, -0.05) is 11.6 Å². The summed E-state index contributed by atoms with van der Waals surface area (Å²) in [6.07, 6.45) is 0. The van der Waals surface area contributed by atoms with Crippen LogP contribution in [0.1, 0.15) is 17.3 Å². The Bertz CT molecular complexity index is 701. The Kier molecular flexibility index (Phi) is 4.95. The van der Waals surface area contributed by atoms with Crippen molar-refractivity contribution in [3.05, 3.63) is 63.2 Å². The molecular formula is C15H13ClN2O4. The number of rotatable bonds is 5. The van der Waals surface area contributed by atoms with Crippen molar-refractivity contribution < 1.29 is 14.5 Å². The Hall–Kier alpha value is -2.60. The van der Waals surface area contributed by atoms with Crippen molar-refractivity contribution in [2.45, 2.75) is 6.92 Å². The second-order valence-corrected chi connectivity index (χ2v) is 4.77. The van der Waals surface area contributed by atoms with Gasteiger partial charge in [-0.25, -0.2) is 0 Å². The lowest BCUT2D eigenvalue weighted by atomic mass is 10.2. The minimum Gasteiger partial charge on any atom is -0.494 e. The fourth-order valence-electron chi connectivity index (χ4n) is 1.82. The van der Waals surface area contributed by atoms with Crippen LogP contribution in [0.5, 0.6) is 5.75 Å².